The second kappa shape index (κ2) is 6.22. The zero-order valence-corrected chi connectivity index (χ0v) is 14.7. The fourth-order valence-corrected chi connectivity index (χ4v) is 3.91. The lowest BCUT2D eigenvalue weighted by Gasteiger charge is -2.27. The lowest BCUT2D eigenvalue weighted by atomic mass is 9.83. The van der Waals surface area contributed by atoms with Crippen molar-refractivity contribution < 1.29 is 0 Å². The molecule has 1 saturated carbocycles. The van der Waals surface area contributed by atoms with Crippen LogP contribution in [0, 0.1) is 15.4 Å². The number of hydrogen-bond donors (Lipinski definition) is 0. The smallest absolute Gasteiger partial charge is 0.124 e. The molecule has 3 rings (SSSR count). The van der Waals surface area contributed by atoms with Crippen LogP contribution in [0.25, 0.3) is 11.0 Å². The van der Waals surface area contributed by atoms with E-state index in [0.717, 1.165) is 29.7 Å². The summed E-state index contributed by atoms with van der Waals surface area (Å²) in [5.41, 5.74) is 2.32. The minimum atomic E-state index is 0.494. The average molecular weight is 403 g/mol. The van der Waals surface area contributed by atoms with E-state index in [1.165, 1.54) is 34.8 Å². The van der Waals surface area contributed by atoms with Gasteiger partial charge in [0, 0.05) is 10.1 Å². The molecule has 2 nitrogen and oxygen atoms in total. The van der Waals surface area contributed by atoms with E-state index in [4.69, 9.17) is 16.6 Å². The Morgan fingerprint density at radius 2 is 2.05 bits per heavy atom. The molecule has 2 aromatic rings. The highest BCUT2D eigenvalue weighted by Crippen LogP contribution is 2.31. The minimum absolute atomic E-state index is 0.494. The second-order valence-electron chi connectivity index (χ2n) is 6.03. The highest BCUT2D eigenvalue weighted by atomic mass is 127. The van der Waals surface area contributed by atoms with Gasteiger partial charge in [-0.05, 0) is 65.5 Å². The molecule has 108 valence electrons. The standard InChI is InChI=1S/C16H20ClIN2/c1-11-2-4-12(5-3-11)10-20-15-7-6-13(18)8-14(15)19-16(20)9-17/h6-8,11-12H,2-5,9-10H2,1H3. The van der Waals surface area contributed by atoms with Crippen molar-refractivity contribution in [3.05, 3.63) is 27.6 Å². The molecular weight excluding hydrogens is 383 g/mol. The molecule has 0 saturated heterocycles. The summed E-state index contributed by atoms with van der Waals surface area (Å²) in [5.74, 6) is 3.20. The van der Waals surface area contributed by atoms with Crippen molar-refractivity contribution in [3.63, 3.8) is 0 Å². The van der Waals surface area contributed by atoms with Gasteiger partial charge < -0.3 is 4.57 Å². The number of halogens is 2. The summed E-state index contributed by atoms with van der Waals surface area (Å²) in [7, 11) is 0. The first kappa shape index (κ1) is 14.6. The maximum atomic E-state index is 6.10. The number of imidazole rings is 1. The molecule has 0 amide bonds. The molecule has 0 unspecified atom stereocenters. The Kier molecular flexibility index (Phi) is 4.55. The van der Waals surface area contributed by atoms with Crippen LogP contribution in [0.5, 0.6) is 0 Å². The maximum absolute atomic E-state index is 6.10. The van der Waals surface area contributed by atoms with Gasteiger partial charge in [-0.15, -0.1) is 11.6 Å². The Balaban J connectivity index is 1.89. The van der Waals surface area contributed by atoms with Crippen LogP contribution in [-0.4, -0.2) is 9.55 Å². The highest BCUT2D eigenvalue weighted by molar-refractivity contribution is 14.1. The number of aromatic nitrogens is 2. The molecule has 1 heterocycles. The van der Waals surface area contributed by atoms with Crippen LogP contribution in [-0.2, 0) is 12.4 Å². The summed E-state index contributed by atoms with van der Waals surface area (Å²) >= 11 is 8.44. The molecule has 1 fully saturated rings. The van der Waals surface area contributed by atoms with Crippen molar-refractivity contribution in [2.45, 2.75) is 45.0 Å². The average Bonchev–Trinajstić information content (AvgIpc) is 2.78. The van der Waals surface area contributed by atoms with Gasteiger partial charge in [0.05, 0.1) is 16.9 Å². The zero-order chi connectivity index (χ0) is 14.1. The van der Waals surface area contributed by atoms with Crippen molar-refractivity contribution in [2.24, 2.45) is 11.8 Å². The van der Waals surface area contributed by atoms with E-state index in [2.05, 4.69) is 52.3 Å². The first-order chi connectivity index (χ1) is 9.67. The predicted octanol–water partition coefficient (Wildman–Crippen LogP) is 5.21. The summed E-state index contributed by atoms with van der Waals surface area (Å²) < 4.78 is 3.58. The van der Waals surface area contributed by atoms with Gasteiger partial charge >= 0.3 is 0 Å². The van der Waals surface area contributed by atoms with Gasteiger partial charge in [0.15, 0.2) is 0 Å². The van der Waals surface area contributed by atoms with Crippen LogP contribution in [0.3, 0.4) is 0 Å². The van der Waals surface area contributed by atoms with Crippen LogP contribution < -0.4 is 0 Å². The minimum Gasteiger partial charge on any atom is -0.327 e. The summed E-state index contributed by atoms with van der Waals surface area (Å²) in [6.45, 7) is 3.45. The molecule has 1 aliphatic carbocycles. The molecule has 1 aliphatic rings. The molecule has 0 radical (unpaired) electrons. The Labute approximate surface area is 139 Å². The molecule has 1 aromatic carbocycles. The Hall–Kier alpha value is -0.290. The second-order valence-corrected chi connectivity index (χ2v) is 7.54. The van der Waals surface area contributed by atoms with E-state index >= 15 is 0 Å². The van der Waals surface area contributed by atoms with Gasteiger partial charge in [0.25, 0.3) is 0 Å². The number of benzene rings is 1. The van der Waals surface area contributed by atoms with Gasteiger partial charge in [-0.1, -0.05) is 19.8 Å². The third kappa shape index (κ3) is 2.98. The zero-order valence-electron chi connectivity index (χ0n) is 11.8. The largest absolute Gasteiger partial charge is 0.327 e. The van der Waals surface area contributed by atoms with Crippen LogP contribution in [0.15, 0.2) is 18.2 Å². The summed E-state index contributed by atoms with van der Waals surface area (Å²) in [4.78, 5) is 4.70. The van der Waals surface area contributed by atoms with Gasteiger partial charge in [-0.25, -0.2) is 4.98 Å². The highest BCUT2D eigenvalue weighted by Gasteiger charge is 2.20. The third-order valence-electron chi connectivity index (χ3n) is 4.49. The molecule has 0 atom stereocenters. The normalized spacial score (nSPS) is 23.4. The number of alkyl halides is 1. The van der Waals surface area contributed by atoms with Crippen LogP contribution in [0.4, 0.5) is 0 Å². The molecule has 1 aromatic heterocycles. The van der Waals surface area contributed by atoms with Crippen molar-refractivity contribution in [1.82, 2.24) is 9.55 Å². The fourth-order valence-electron chi connectivity index (χ4n) is 3.23. The Morgan fingerprint density at radius 1 is 1.30 bits per heavy atom. The number of nitrogens with zero attached hydrogens (tertiary/aromatic N) is 2. The quantitative estimate of drug-likeness (QED) is 0.509. The molecule has 4 heteroatoms. The molecule has 0 spiro atoms. The Bertz CT molecular complexity index is 600. The Morgan fingerprint density at radius 3 is 2.75 bits per heavy atom. The van der Waals surface area contributed by atoms with Crippen LogP contribution in [0.2, 0.25) is 0 Å². The van der Waals surface area contributed by atoms with E-state index in [9.17, 15) is 0 Å². The van der Waals surface area contributed by atoms with E-state index in [0.29, 0.717) is 5.88 Å². The molecule has 20 heavy (non-hydrogen) atoms. The van der Waals surface area contributed by atoms with Crippen molar-refractivity contribution in [1.29, 1.82) is 0 Å². The van der Waals surface area contributed by atoms with Gasteiger partial charge in [0.2, 0.25) is 0 Å². The number of rotatable bonds is 3. The van der Waals surface area contributed by atoms with E-state index in [-0.39, 0.29) is 0 Å². The number of hydrogen-bond acceptors (Lipinski definition) is 1. The third-order valence-corrected chi connectivity index (χ3v) is 5.40. The predicted molar refractivity (Wildman–Crippen MR) is 93.1 cm³/mol. The van der Waals surface area contributed by atoms with Crippen LogP contribution in [0.1, 0.15) is 38.4 Å². The molecular formula is C16H20ClIN2. The summed E-state index contributed by atoms with van der Waals surface area (Å²) in [5, 5.41) is 0. The van der Waals surface area contributed by atoms with Gasteiger partial charge in [-0.3, -0.25) is 0 Å². The van der Waals surface area contributed by atoms with Crippen molar-refractivity contribution >= 4 is 45.2 Å². The fraction of sp³-hybridized carbons (Fsp3) is 0.562. The van der Waals surface area contributed by atoms with Crippen LogP contribution >= 0.6 is 34.2 Å². The monoisotopic (exact) mass is 402 g/mol. The maximum Gasteiger partial charge on any atom is 0.124 e. The van der Waals surface area contributed by atoms with Crippen molar-refractivity contribution in [2.75, 3.05) is 0 Å². The first-order valence-corrected chi connectivity index (χ1v) is 8.99. The lowest BCUT2D eigenvalue weighted by Crippen LogP contribution is -2.18. The summed E-state index contributed by atoms with van der Waals surface area (Å²) in [6.07, 6.45) is 5.41. The topological polar surface area (TPSA) is 17.8 Å². The van der Waals surface area contributed by atoms with E-state index < -0.39 is 0 Å². The first-order valence-electron chi connectivity index (χ1n) is 7.38. The van der Waals surface area contributed by atoms with Gasteiger partial charge in [0.1, 0.15) is 5.82 Å². The molecule has 0 N–H and O–H groups in total. The lowest BCUT2D eigenvalue weighted by molar-refractivity contribution is 0.265. The number of fused-ring (bicyclic) bond motifs is 1. The SMILES string of the molecule is CC1CCC(Cn2c(CCl)nc3cc(I)ccc32)CC1. The van der Waals surface area contributed by atoms with Crippen molar-refractivity contribution in [3.8, 4) is 0 Å². The molecule has 0 aliphatic heterocycles. The summed E-state index contributed by atoms with van der Waals surface area (Å²) in [6, 6.07) is 6.49. The molecule has 0 bridgehead atoms. The van der Waals surface area contributed by atoms with E-state index in [1.807, 2.05) is 0 Å². The van der Waals surface area contributed by atoms with Gasteiger partial charge in [-0.2, -0.15) is 0 Å². The van der Waals surface area contributed by atoms with E-state index in [1.54, 1.807) is 0 Å².